The van der Waals surface area contributed by atoms with Gasteiger partial charge >= 0.3 is 0 Å². The molecule has 1 aliphatic heterocycles. The number of nitrogens with two attached hydrogens (primary N) is 1. The summed E-state index contributed by atoms with van der Waals surface area (Å²) in [6, 6.07) is 8.71. The molecular formula is C27H29ClF2N6O3. The second-order valence-electron chi connectivity index (χ2n) is 9.15. The van der Waals surface area contributed by atoms with E-state index >= 15 is 0 Å². The van der Waals surface area contributed by atoms with Crippen LogP contribution in [0.25, 0.3) is 11.3 Å². The third-order valence-electron chi connectivity index (χ3n) is 6.49. The van der Waals surface area contributed by atoms with Crippen molar-refractivity contribution in [2.24, 2.45) is 0 Å². The molecule has 1 aliphatic rings. The van der Waals surface area contributed by atoms with Crippen LogP contribution in [0.5, 0.6) is 5.88 Å². The van der Waals surface area contributed by atoms with E-state index in [4.69, 9.17) is 22.1 Å². The summed E-state index contributed by atoms with van der Waals surface area (Å²) in [5.74, 6) is -1.80. The van der Waals surface area contributed by atoms with Crippen LogP contribution in [0.2, 0.25) is 5.02 Å². The number of ether oxygens (including phenoxy) is 1. The van der Waals surface area contributed by atoms with Crippen LogP contribution >= 0.6 is 11.6 Å². The molecule has 4 rings (SSSR count). The molecule has 2 heterocycles. The molecule has 0 radical (unpaired) electrons. The highest BCUT2D eigenvalue weighted by molar-refractivity contribution is 6.31. The quantitative estimate of drug-likeness (QED) is 0.405. The van der Waals surface area contributed by atoms with E-state index < -0.39 is 17.7 Å². The Hall–Kier alpha value is -3.83. The molecular weight excluding hydrogens is 530 g/mol. The van der Waals surface area contributed by atoms with Crippen LogP contribution in [0.3, 0.4) is 0 Å². The minimum atomic E-state index is -1.01. The lowest BCUT2D eigenvalue weighted by molar-refractivity contribution is -0.130. The summed E-state index contributed by atoms with van der Waals surface area (Å²) in [6.45, 7) is 7.09. The van der Waals surface area contributed by atoms with Gasteiger partial charge in [-0.25, -0.2) is 18.7 Å². The molecule has 1 atom stereocenters. The van der Waals surface area contributed by atoms with Crippen LogP contribution in [0.15, 0.2) is 42.6 Å². The van der Waals surface area contributed by atoms with Crippen molar-refractivity contribution in [2.75, 3.05) is 45.0 Å². The number of nitrogens with one attached hydrogen (secondary N) is 1. The van der Waals surface area contributed by atoms with Gasteiger partial charge in [-0.2, -0.15) is 0 Å². The molecule has 0 aliphatic carbocycles. The van der Waals surface area contributed by atoms with Gasteiger partial charge < -0.3 is 20.7 Å². The van der Waals surface area contributed by atoms with Gasteiger partial charge in [0, 0.05) is 62.9 Å². The Balaban J connectivity index is 1.41. The number of piperazine rings is 1. The summed E-state index contributed by atoms with van der Waals surface area (Å²) < 4.78 is 33.9. The number of nitrogen functional groups attached to an aromatic ring is 1. The van der Waals surface area contributed by atoms with Crippen LogP contribution < -0.4 is 15.8 Å². The Morgan fingerprint density at radius 3 is 2.59 bits per heavy atom. The molecule has 0 saturated carbocycles. The molecule has 9 nitrogen and oxygen atoms in total. The first kappa shape index (κ1) is 28.2. The number of benzene rings is 2. The standard InChI is InChI=1S/C27H29ClF2N6O3/c1-16(23-20(29)6-7-21(30)24(23)28)39-27-25(31)33-15-22(34-27)18-4-3-5-19(14-18)26(38)32-8-9-35-10-12-36(13-11-35)17(2)37/h3-7,14-16H,8-13H2,1-2H3,(H2,31,33)(H,32,38). The number of aromatic nitrogens is 2. The van der Waals surface area contributed by atoms with Crippen molar-refractivity contribution in [3.63, 3.8) is 0 Å². The van der Waals surface area contributed by atoms with Crippen LogP contribution in [0.4, 0.5) is 14.6 Å². The van der Waals surface area contributed by atoms with Gasteiger partial charge in [-0.05, 0) is 31.2 Å². The van der Waals surface area contributed by atoms with Gasteiger partial charge in [0.25, 0.3) is 11.8 Å². The number of nitrogens with zero attached hydrogens (tertiary/aromatic N) is 4. The first-order chi connectivity index (χ1) is 18.6. The van der Waals surface area contributed by atoms with Gasteiger partial charge in [-0.15, -0.1) is 0 Å². The van der Waals surface area contributed by atoms with Crippen molar-refractivity contribution in [3.05, 3.63) is 70.4 Å². The van der Waals surface area contributed by atoms with E-state index in [1.54, 1.807) is 31.2 Å². The van der Waals surface area contributed by atoms with Crippen LogP contribution in [0, 0.1) is 11.6 Å². The topological polar surface area (TPSA) is 114 Å². The van der Waals surface area contributed by atoms with E-state index in [0.717, 1.165) is 25.2 Å². The van der Waals surface area contributed by atoms with Crippen molar-refractivity contribution >= 4 is 29.2 Å². The lowest BCUT2D eigenvalue weighted by atomic mass is 10.1. The summed E-state index contributed by atoms with van der Waals surface area (Å²) >= 11 is 5.95. The number of hydrogen-bond donors (Lipinski definition) is 2. The van der Waals surface area contributed by atoms with Gasteiger partial charge in [-0.3, -0.25) is 14.5 Å². The fourth-order valence-corrected chi connectivity index (χ4v) is 4.59. The van der Waals surface area contributed by atoms with Crippen LogP contribution in [-0.2, 0) is 4.79 Å². The van der Waals surface area contributed by atoms with E-state index in [9.17, 15) is 18.4 Å². The summed E-state index contributed by atoms with van der Waals surface area (Å²) in [4.78, 5) is 36.8. The predicted molar refractivity (Wildman–Crippen MR) is 143 cm³/mol. The number of halogens is 3. The number of rotatable bonds is 8. The molecule has 12 heteroatoms. The Morgan fingerprint density at radius 2 is 1.87 bits per heavy atom. The SMILES string of the molecule is CC(=O)N1CCN(CCNC(=O)c2cccc(-c3cnc(N)c(OC(C)c4c(F)ccc(F)c4Cl)n3)c2)CC1. The fraction of sp³-hybridized carbons (Fsp3) is 0.333. The van der Waals surface area contributed by atoms with Crippen LogP contribution in [0.1, 0.15) is 35.9 Å². The van der Waals surface area contributed by atoms with Crippen LogP contribution in [-0.4, -0.2) is 70.9 Å². The molecule has 2 aromatic carbocycles. The van der Waals surface area contributed by atoms with E-state index in [2.05, 4.69) is 20.2 Å². The van der Waals surface area contributed by atoms with E-state index in [1.165, 1.54) is 13.1 Å². The molecule has 1 aromatic heterocycles. The second-order valence-corrected chi connectivity index (χ2v) is 9.52. The summed E-state index contributed by atoms with van der Waals surface area (Å²) in [6.07, 6.45) is 0.419. The van der Waals surface area contributed by atoms with E-state index in [0.29, 0.717) is 43.0 Å². The Labute approximate surface area is 229 Å². The zero-order chi connectivity index (χ0) is 28.1. The molecule has 1 saturated heterocycles. The predicted octanol–water partition coefficient (Wildman–Crippen LogP) is 3.69. The molecule has 39 heavy (non-hydrogen) atoms. The molecule has 0 spiro atoms. The van der Waals surface area contributed by atoms with Crippen molar-refractivity contribution in [1.82, 2.24) is 25.1 Å². The smallest absolute Gasteiger partial charge is 0.258 e. The number of anilines is 1. The highest BCUT2D eigenvalue weighted by Crippen LogP contribution is 2.33. The van der Waals surface area contributed by atoms with Crippen molar-refractivity contribution in [3.8, 4) is 17.1 Å². The Kier molecular flexibility index (Phi) is 8.93. The van der Waals surface area contributed by atoms with Crippen molar-refractivity contribution in [2.45, 2.75) is 20.0 Å². The number of hydrogen-bond acceptors (Lipinski definition) is 7. The molecule has 0 bridgehead atoms. The minimum absolute atomic E-state index is 0.0448. The Bertz CT molecular complexity index is 1370. The molecule has 206 valence electrons. The maximum atomic E-state index is 14.3. The Morgan fingerprint density at radius 1 is 1.15 bits per heavy atom. The lowest BCUT2D eigenvalue weighted by Gasteiger charge is -2.34. The summed E-state index contributed by atoms with van der Waals surface area (Å²) in [5, 5.41) is 2.53. The minimum Gasteiger partial charge on any atom is -0.467 e. The number of carbonyl (C=O) groups is 2. The van der Waals surface area contributed by atoms with E-state index in [-0.39, 0.29) is 34.1 Å². The second kappa shape index (κ2) is 12.4. The monoisotopic (exact) mass is 558 g/mol. The molecule has 2 amide bonds. The first-order valence-corrected chi connectivity index (χ1v) is 12.8. The van der Waals surface area contributed by atoms with Gasteiger partial charge in [0.15, 0.2) is 5.82 Å². The third kappa shape index (κ3) is 6.79. The van der Waals surface area contributed by atoms with Crippen molar-refractivity contribution < 1.29 is 23.1 Å². The number of amides is 2. The fourth-order valence-electron chi connectivity index (χ4n) is 4.28. The number of carbonyl (C=O) groups excluding carboxylic acids is 2. The lowest BCUT2D eigenvalue weighted by Crippen LogP contribution is -2.49. The van der Waals surface area contributed by atoms with Gasteiger partial charge in [0.1, 0.15) is 17.7 Å². The largest absolute Gasteiger partial charge is 0.467 e. The third-order valence-corrected chi connectivity index (χ3v) is 6.88. The summed E-state index contributed by atoms with van der Waals surface area (Å²) in [7, 11) is 0. The van der Waals surface area contributed by atoms with Gasteiger partial charge in [0.2, 0.25) is 5.91 Å². The first-order valence-electron chi connectivity index (χ1n) is 12.4. The molecule has 3 N–H and O–H groups in total. The zero-order valence-corrected chi connectivity index (χ0v) is 22.3. The highest BCUT2D eigenvalue weighted by atomic mass is 35.5. The average molecular weight is 559 g/mol. The van der Waals surface area contributed by atoms with E-state index in [1.807, 2.05) is 4.90 Å². The highest BCUT2D eigenvalue weighted by Gasteiger charge is 2.22. The zero-order valence-electron chi connectivity index (χ0n) is 21.6. The molecule has 1 unspecified atom stereocenters. The molecule has 1 fully saturated rings. The maximum absolute atomic E-state index is 14.3. The molecule has 3 aromatic rings. The maximum Gasteiger partial charge on any atom is 0.258 e. The normalized spacial score (nSPS) is 14.6. The van der Waals surface area contributed by atoms with Gasteiger partial charge in [-0.1, -0.05) is 23.7 Å². The average Bonchev–Trinajstić information content (AvgIpc) is 2.92. The summed E-state index contributed by atoms with van der Waals surface area (Å²) in [5.41, 5.74) is 7.15. The van der Waals surface area contributed by atoms with Gasteiger partial charge in [0.05, 0.1) is 16.9 Å². The van der Waals surface area contributed by atoms with Crippen molar-refractivity contribution in [1.29, 1.82) is 0 Å².